The molecule has 0 aromatic heterocycles. The number of ether oxygens (including phenoxy) is 3. The first-order chi connectivity index (χ1) is 8.47. The molecule has 0 aliphatic heterocycles. The van der Waals surface area contributed by atoms with E-state index in [1.54, 1.807) is 0 Å². The van der Waals surface area contributed by atoms with Crippen molar-refractivity contribution < 1.29 is 28.6 Å². The lowest BCUT2D eigenvalue weighted by molar-refractivity contribution is -0.179. The third kappa shape index (κ3) is 3.46. The van der Waals surface area contributed by atoms with Gasteiger partial charge in [0.25, 0.3) is 0 Å². The molecule has 0 rings (SSSR count). The standard InChI is InChI=1S/C10H10N2O6/c1-3-16-7(13)8(14)18-10(5-11,6-12)9(15)17-4-2/h3-4H2,1-2H3. The van der Waals surface area contributed by atoms with Crippen LogP contribution in [-0.2, 0) is 28.6 Å². The summed E-state index contributed by atoms with van der Waals surface area (Å²) in [4.78, 5) is 33.5. The average Bonchev–Trinajstić information content (AvgIpc) is 2.36. The van der Waals surface area contributed by atoms with Crippen molar-refractivity contribution in [2.24, 2.45) is 0 Å². The predicted molar refractivity (Wildman–Crippen MR) is 53.3 cm³/mol. The summed E-state index contributed by atoms with van der Waals surface area (Å²) in [7, 11) is 0. The smallest absolute Gasteiger partial charge is 0.420 e. The van der Waals surface area contributed by atoms with Gasteiger partial charge in [-0.25, -0.2) is 14.4 Å². The number of esters is 3. The van der Waals surface area contributed by atoms with Crippen LogP contribution >= 0.6 is 0 Å². The van der Waals surface area contributed by atoms with Crippen LogP contribution in [0, 0.1) is 22.7 Å². The normalized spacial score (nSPS) is 9.56. The largest absolute Gasteiger partial charge is 0.461 e. The van der Waals surface area contributed by atoms with Crippen LogP contribution in [0.2, 0.25) is 0 Å². The van der Waals surface area contributed by atoms with Gasteiger partial charge in [0, 0.05) is 0 Å². The van der Waals surface area contributed by atoms with Crippen molar-refractivity contribution in [2.75, 3.05) is 13.2 Å². The van der Waals surface area contributed by atoms with E-state index in [9.17, 15) is 14.4 Å². The van der Waals surface area contributed by atoms with Gasteiger partial charge in [-0.2, -0.15) is 10.5 Å². The van der Waals surface area contributed by atoms with E-state index in [2.05, 4.69) is 14.2 Å². The van der Waals surface area contributed by atoms with Gasteiger partial charge in [0.2, 0.25) is 0 Å². The predicted octanol–water partition coefficient (Wildman–Crippen LogP) is -0.558. The van der Waals surface area contributed by atoms with E-state index in [1.807, 2.05) is 0 Å². The highest BCUT2D eigenvalue weighted by atomic mass is 16.6. The zero-order chi connectivity index (χ0) is 14.2. The minimum atomic E-state index is -2.81. The third-order valence-corrected chi connectivity index (χ3v) is 1.57. The van der Waals surface area contributed by atoms with E-state index in [4.69, 9.17) is 10.5 Å². The first-order valence-corrected chi connectivity index (χ1v) is 4.87. The zero-order valence-corrected chi connectivity index (χ0v) is 9.76. The molecule has 0 amide bonds. The summed E-state index contributed by atoms with van der Waals surface area (Å²) in [6.07, 6.45) is 0. The Hall–Kier alpha value is -2.61. The summed E-state index contributed by atoms with van der Waals surface area (Å²) in [5.74, 6) is -4.39. The molecule has 0 saturated heterocycles. The Morgan fingerprint density at radius 1 is 1.00 bits per heavy atom. The highest BCUT2D eigenvalue weighted by Crippen LogP contribution is 2.12. The van der Waals surface area contributed by atoms with Gasteiger partial charge in [-0.1, -0.05) is 0 Å². The Morgan fingerprint density at radius 3 is 1.89 bits per heavy atom. The molecule has 0 fully saturated rings. The van der Waals surface area contributed by atoms with Crippen molar-refractivity contribution in [1.29, 1.82) is 10.5 Å². The molecule has 0 aliphatic carbocycles. The van der Waals surface area contributed by atoms with Crippen molar-refractivity contribution in [3.63, 3.8) is 0 Å². The molecule has 96 valence electrons. The topological polar surface area (TPSA) is 126 Å². The number of hydrogen-bond acceptors (Lipinski definition) is 8. The molecule has 0 atom stereocenters. The van der Waals surface area contributed by atoms with Crippen LogP contribution in [0.5, 0.6) is 0 Å². The number of carbonyl (C=O) groups excluding carboxylic acids is 3. The quantitative estimate of drug-likeness (QED) is 0.371. The van der Waals surface area contributed by atoms with E-state index in [0.29, 0.717) is 0 Å². The minimum Gasteiger partial charge on any atom is -0.461 e. The maximum Gasteiger partial charge on any atom is 0.420 e. The second-order valence-corrected chi connectivity index (χ2v) is 2.74. The van der Waals surface area contributed by atoms with Gasteiger partial charge < -0.3 is 14.2 Å². The second kappa shape index (κ2) is 6.86. The molecule has 0 heterocycles. The molecule has 0 N–H and O–H groups in total. The van der Waals surface area contributed by atoms with Gasteiger partial charge >= 0.3 is 23.5 Å². The molecule has 0 bridgehead atoms. The molecule has 0 aliphatic rings. The Bertz CT molecular complexity index is 417. The molecule has 8 nitrogen and oxygen atoms in total. The molecule has 8 heteroatoms. The van der Waals surface area contributed by atoms with Crippen LogP contribution in [0.1, 0.15) is 13.8 Å². The van der Waals surface area contributed by atoms with Gasteiger partial charge in [-0.15, -0.1) is 0 Å². The number of nitrogens with zero attached hydrogens (tertiary/aromatic N) is 2. The fourth-order valence-electron chi connectivity index (χ4n) is 0.807. The first kappa shape index (κ1) is 15.4. The molecule has 0 radical (unpaired) electrons. The summed E-state index contributed by atoms with van der Waals surface area (Å²) in [5, 5.41) is 17.5. The van der Waals surface area contributed by atoms with Gasteiger partial charge in [-0.3, -0.25) is 0 Å². The summed E-state index contributed by atoms with van der Waals surface area (Å²) in [6, 6.07) is 2.38. The molecular formula is C10H10N2O6. The maximum atomic E-state index is 11.3. The molecule has 0 aromatic carbocycles. The van der Waals surface area contributed by atoms with Gasteiger partial charge in [-0.05, 0) is 13.8 Å². The lowest BCUT2D eigenvalue weighted by Gasteiger charge is -2.16. The van der Waals surface area contributed by atoms with Gasteiger partial charge in [0.05, 0.1) is 13.2 Å². The summed E-state index contributed by atoms with van der Waals surface area (Å²) in [6.45, 7) is 2.66. The van der Waals surface area contributed by atoms with Crippen molar-refractivity contribution in [3.8, 4) is 12.1 Å². The highest BCUT2D eigenvalue weighted by Gasteiger charge is 2.47. The van der Waals surface area contributed by atoms with Crippen molar-refractivity contribution in [2.45, 2.75) is 19.4 Å². The summed E-state index contributed by atoms with van der Waals surface area (Å²) in [5.41, 5.74) is -2.81. The Labute approximate surface area is 103 Å². The van der Waals surface area contributed by atoms with Crippen molar-refractivity contribution >= 4 is 17.9 Å². The molecule has 18 heavy (non-hydrogen) atoms. The number of hydrogen-bond donors (Lipinski definition) is 0. The Balaban J connectivity index is 5.01. The molecule has 0 aromatic rings. The van der Waals surface area contributed by atoms with Crippen molar-refractivity contribution in [3.05, 3.63) is 0 Å². The molecule has 0 unspecified atom stereocenters. The van der Waals surface area contributed by atoms with Gasteiger partial charge in [0.1, 0.15) is 12.1 Å². The molecule has 0 spiro atoms. The molecular weight excluding hydrogens is 244 g/mol. The average molecular weight is 254 g/mol. The third-order valence-electron chi connectivity index (χ3n) is 1.57. The van der Waals surface area contributed by atoms with Crippen LogP contribution in [0.25, 0.3) is 0 Å². The lowest BCUT2D eigenvalue weighted by atomic mass is 10.1. The second-order valence-electron chi connectivity index (χ2n) is 2.74. The monoisotopic (exact) mass is 254 g/mol. The fraction of sp³-hybridized carbons (Fsp3) is 0.500. The maximum absolute atomic E-state index is 11.3. The van der Waals surface area contributed by atoms with E-state index >= 15 is 0 Å². The van der Waals surface area contributed by atoms with Crippen LogP contribution < -0.4 is 0 Å². The van der Waals surface area contributed by atoms with Crippen LogP contribution in [0.15, 0.2) is 0 Å². The lowest BCUT2D eigenvalue weighted by Crippen LogP contribution is -2.44. The number of carbonyl (C=O) groups is 3. The van der Waals surface area contributed by atoms with E-state index < -0.39 is 23.5 Å². The molecule has 0 saturated carbocycles. The Morgan fingerprint density at radius 2 is 1.50 bits per heavy atom. The van der Waals surface area contributed by atoms with E-state index in [-0.39, 0.29) is 13.2 Å². The van der Waals surface area contributed by atoms with Crippen LogP contribution in [0.4, 0.5) is 0 Å². The van der Waals surface area contributed by atoms with Crippen LogP contribution in [-0.4, -0.2) is 36.7 Å². The number of nitriles is 2. The SMILES string of the molecule is CCOC(=O)C(=O)OC(C#N)(C#N)C(=O)OCC. The minimum absolute atomic E-state index is 0.0978. The van der Waals surface area contributed by atoms with Crippen LogP contribution in [0.3, 0.4) is 0 Å². The Kier molecular flexibility index (Phi) is 5.87. The van der Waals surface area contributed by atoms with E-state index in [0.717, 1.165) is 0 Å². The van der Waals surface area contributed by atoms with Gasteiger partial charge in [0.15, 0.2) is 0 Å². The fourth-order valence-corrected chi connectivity index (χ4v) is 0.807. The zero-order valence-electron chi connectivity index (χ0n) is 9.76. The van der Waals surface area contributed by atoms with E-state index in [1.165, 1.54) is 26.0 Å². The summed E-state index contributed by atoms with van der Waals surface area (Å²) < 4.78 is 13.0. The van der Waals surface area contributed by atoms with Crippen molar-refractivity contribution in [1.82, 2.24) is 0 Å². The summed E-state index contributed by atoms with van der Waals surface area (Å²) >= 11 is 0. The first-order valence-electron chi connectivity index (χ1n) is 4.87. The number of rotatable bonds is 4. The highest BCUT2D eigenvalue weighted by molar-refractivity contribution is 6.30.